The van der Waals surface area contributed by atoms with E-state index in [1.807, 2.05) is 6.92 Å². The van der Waals surface area contributed by atoms with Crippen molar-refractivity contribution in [3.8, 4) is 10.7 Å². The average molecular weight is 430 g/mol. The van der Waals surface area contributed by atoms with E-state index in [1.165, 1.54) is 11.3 Å². The van der Waals surface area contributed by atoms with Crippen LogP contribution in [0.15, 0.2) is 12.7 Å². The SMILES string of the molecule is C=CCn1c(-c2sc(NC(=O)CS(=O)(=O)CCCCC)nc2C)n[nH]c1=S. The topological polar surface area (TPSA) is 110 Å². The van der Waals surface area contributed by atoms with Crippen LogP contribution in [-0.4, -0.2) is 45.6 Å². The van der Waals surface area contributed by atoms with E-state index < -0.39 is 21.5 Å². The Kier molecular flexibility index (Phi) is 7.45. The van der Waals surface area contributed by atoms with Gasteiger partial charge in [0.25, 0.3) is 0 Å². The van der Waals surface area contributed by atoms with Crippen molar-refractivity contribution in [3.63, 3.8) is 0 Å². The van der Waals surface area contributed by atoms with Gasteiger partial charge in [-0.3, -0.25) is 14.5 Å². The van der Waals surface area contributed by atoms with E-state index in [0.29, 0.717) is 34.4 Å². The summed E-state index contributed by atoms with van der Waals surface area (Å²) in [6.45, 7) is 7.98. The second-order valence-electron chi connectivity index (χ2n) is 6.03. The first-order valence-electron chi connectivity index (χ1n) is 8.51. The quantitative estimate of drug-likeness (QED) is 0.341. The summed E-state index contributed by atoms with van der Waals surface area (Å²) in [4.78, 5) is 17.2. The van der Waals surface area contributed by atoms with Crippen molar-refractivity contribution < 1.29 is 13.2 Å². The van der Waals surface area contributed by atoms with Gasteiger partial charge in [0.2, 0.25) is 5.91 Å². The molecule has 0 aliphatic heterocycles. The molecule has 8 nitrogen and oxygen atoms in total. The number of sulfone groups is 1. The molecule has 0 fully saturated rings. The van der Waals surface area contributed by atoms with Gasteiger partial charge in [-0.1, -0.05) is 37.2 Å². The highest BCUT2D eigenvalue weighted by molar-refractivity contribution is 7.92. The number of amides is 1. The minimum atomic E-state index is -3.42. The fraction of sp³-hybridized carbons (Fsp3) is 0.500. The van der Waals surface area contributed by atoms with Crippen molar-refractivity contribution in [3.05, 3.63) is 23.1 Å². The van der Waals surface area contributed by atoms with Crippen molar-refractivity contribution in [2.24, 2.45) is 0 Å². The number of unbranched alkanes of at least 4 members (excludes halogenated alkanes) is 2. The molecule has 2 N–H and O–H groups in total. The number of carbonyl (C=O) groups is 1. The number of hydrogen-bond acceptors (Lipinski definition) is 7. The Labute approximate surface area is 167 Å². The average Bonchev–Trinajstić information content (AvgIpc) is 3.10. The molecule has 0 saturated heterocycles. The summed E-state index contributed by atoms with van der Waals surface area (Å²) in [7, 11) is -3.42. The minimum Gasteiger partial charge on any atom is -0.301 e. The molecule has 0 aromatic carbocycles. The van der Waals surface area contributed by atoms with Gasteiger partial charge in [-0.15, -0.1) is 6.58 Å². The van der Waals surface area contributed by atoms with Crippen LogP contribution >= 0.6 is 23.6 Å². The second kappa shape index (κ2) is 9.38. The number of allylic oxidation sites excluding steroid dienone is 1. The van der Waals surface area contributed by atoms with Crippen molar-refractivity contribution in [2.45, 2.75) is 39.7 Å². The molecule has 2 aromatic rings. The predicted molar refractivity (Wildman–Crippen MR) is 110 cm³/mol. The zero-order chi connectivity index (χ0) is 20.0. The molecule has 1 amide bonds. The fourth-order valence-electron chi connectivity index (χ4n) is 2.45. The van der Waals surface area contributed by atoms with Crippen LogP contribution in [0.5, 0.6) is 0 Å². The van der Waals surface area contributed by atoms with Crippen molar-refractivity contribution in [1.82, 2.24) is 19.7 Å². The lowest BCUT2D eigenvalue weighted by molar-refractivity contribution is -0.113. The largest absolute Gasteiger partial charge is 0.301 e. The third-order valence-electron chi connectivity index (χ3n) is 3.73. The molecular weight excluding hydrogens is 406 g/mol. The number of H-pyrrole nitrogens is 1. The van der Waals surface area contributed by atoms with Crippen molar-refractivity contribution in [2.75, 3.05) is 16.8 Å². The smallest absolute Gasteiger partial charge is 0.241 e. The van der Waals surface area contributed by atoms with E-state index in [4.69, 9.17) is 12.2 Å². The highest BCUT2D eigenvalue weighted by Gasteiger charge is 2.20. The van der Waals surface area contributed by atoms with E-state index in [1.54, 1.807) is 17.6 Å². The Morgan fingerprint density at radius 2 is 2.19 bits per heavy atom. The number of anilines is 1. The third-order valence-corrected chi connectivity index (χ3v) is 6.72. The van der Waals surface area contributed by atoms with Crippen LogP contribution < -0.4 is 5.32 Å². The van der Waals surface area contributed by atoms with E-state index in [2.05, 4.69) is 27.1 Å². The summed E-state index contributed by atoms with van der Waals surface area (Å²) in [5.74, 6) is -0.508. The molecule has 2 rings (SSSR count). The maximum Gasteiger partial charge on any atom is 0.241 e. The summed E-state index contributed by atoms with van der Waals surface area (Å²) in [6, 6.07) is 0. The standard InChI is InChI=1S/C16H23N5O3S3/c1-4-6-7-9-27(23,24)10-12(22)18-15-17-11(3)13(26-15)14-19-20-16(25)21(14)8-5-2/h5H,2,4,6-10H2,1,3H3,(H,20,25)(H,17,18,22). The van der Waals surface area contributed by atoms with Gasteiger partial charge in [-0.2, -0.15) is 5.10 Å². The van der Waals surface area contributed by atoms with Crippen LogP contribution in [0, 0.1) is 11.7 Å². The molecule has 2 aromatic heterocycles. The predicted octanol–water partition coefficient (Wildman–Crippen LogP) is 3.10. The Bertz CT molecular complexity index is 972. The van der Waals surface area contributed by atoms with Gasteiger partial charge < -0.3 is 5.32 Å². The van der Waals surface area contributed by atoms with Gasteiger partial charge in [0.15, 0.2) is 25.6 Å². The molecule has 0 atom stereocenters. The van der Waals surface area contributed by atoms with Crippen LogP contribution in [0.3, 0.4) is 0 Å². The lowest BCUT2D eigenvalue weighted by Crippen LogP contribution is -2.24. The lowest BCUT2D eigenvalue weighted by Gasteiger charge is -2.04. The molecule has 0 aliphatic rings. The Morgan fingerprint density at radius 3 is 2.85 bits per heavy atom. The maximum atomic E-state index is 12.1. The number of thiazole rings is 1. The molecule has 0 unspecified atom stereocenters. The highest BCUT2D eigenvalue weighted by Crippen LogP contribution is 2.31. The van der Waals surface area contributed by atoms with Gasteiger partial charge in [-0.05, 0) is 25.6 Å². The van der Waals surface area contributed by atoms with E-state index in [0.717, 1.165) is 17.7 Å². The van der Waals surface area contributed by atoms with Gasteiger partial charge in [-0.25, -0.2) is 13.4 Å². The molecule has 2 heterocycles. The minimum absolute atomic E-state index is 0.0207. The molecule has 0 radical (unpaired) electrons. The van der Waals surface area contributed by atoms with Crippen LogP contribution in [0.25, 0.3) is 10.7 Å². The van der Waals surface area contributed by atoms with Gasteiger partial charge >= 0.3 is 0 Å². The van der Waals surface area contributed by atoms with Gasteiger partial charge in [0.05, 0.1) is 16.3 Å². The van der Waals surface area contributed by atoms with Gasteiger partial charge in [0.1, 0.15) is 5.75 Å². The Morgan fingerprint density at radius 1 is 1.44 bits per heavy atom. The summed E-state index contributed by atoms with van der Waals surface area (Å²) in [6.07, 6.45) is 4.03. The van der Waals surface area contributed by atoms with Gasteiger partial charge in [0, 0.05) is 6.54 Å². The van der Waals surface area contributed by atoms with E-state index in [9.17, 15) is 13.2 Å². The summed E-state index contributed by atoms with van der Waals surface area (Å²) in [5.41, 5.74) is 0.667. The van der Waals surface area contributed by atoms with Crippen LogP contribution in [0.2, 0.25) is 0 Å². The summed E-state index contributed by atoms with van der Waals surface area (Å²) in [5, 5.41) is 9.85. The monoisotopic (exact) mass is 429 g/mol. The number of aromatic nitrogens is 4. The molecule has 0 saturated carbocycles. The van der Waals surface area contributed by atoms with E-state index in [-0.39, 0.29) is 5.75 Å². The zero-order valence-electron chi connectivity index (χ0n) is 15.3. The number of carbonyl (C=O) groups excluding carboxylic acids is 1. The molecule has 11 heteroatoms. The maximum absolute atomic E-state index is 12.1. The first-order chi connectivity index (χ1) is 12.8. The number of aryl methyl sites for hydroxylation is 1. The van der Waals surface area contributed by atoms with Crippen LogP contribution in [0.4, 0.5) is 5.13 Å². The molecular formula is C16H23N5O3S3. The third kappa shape index (κ3) is 5.81. The first-order valence-corrected chi connectivity index (χ1v) is 11.6. The van der Waals surface area contributed by atoms with E-state index >= 15 is 0 Å². The second-order valence-corrected chi connectivity index (χ2v) is 9.60. The first kappa shape index (κ1) is 21.5. The van der Waals surface area contributed by atoms with Crippen LogP contribution in [-0.2, 0) is 21.2 Å². The highest BCUT2D eigenvalue weighted by atomic mass is 32.2. The van der Waals surface area contributed by atoms with Crippen molar-refractivity contribution >= 4 is 44.4 Å². The molecule has 148 valence electrons. The number of rotatable bonds is 10. The lowest BCUT2D eigenvalue weighted by atomic mass is 10.3. The molecule has 0 bridgehead atoms. The number of hydrogen-bond donors (Lipinski definition) is 2. The number of nitrogens with one attached hydrogen (secondary N) is 2. The normalized spacial score (nSPS) is 11.5. The molecule has 0 spiro atoms. The number of nitrogens with zero attached hydrogens (tertiary/aromatic N) is 3. The van der Waals surface area contributed by atoms with Crippen LogP contribution in [0.1, 0.15) is 31.9 Å². The fourth-order valence-corrected chi connectivity index (χ4v) is 4.89. The number of aromatic amines is 1. The molecule has 0 aliphatic carbocycles. The summed E-state index contributed by atoms with van der Waals surface area (Å²) >= 11 is 6.43. The Balaban J connectivity index is 2.12. The Hall–Kier alpha value is -1.85. The zero-order valence-corrected chi connectivity index (χ0v) is 17.8. The molecule has 27 heavy (non-hydrogen) atoms. The summed E-state index contributed by atoms with van der Waals surface area (Å²) < 4.78 is 26.2. The van der Waals surface area contributed by atoms with Crippen molar-refractivity contribution in [1.29, 1.82) is 0 Å².